The van der Waals surface area contributed by atoms with Crippen molar-refractivity contribution in [2.45, 2.75) is 51.6 Å². The number of thiophene rings is 1. The van der Waals surface area contributed by atoms with Crippen molar-refractivity contribution < 1.29 is 18.0 Å². The van der Waals surface area contributed by atoms with E-state index < -0.39 is 11.9 Å². The molecule has 0 N–H and O–H groups in total. The summed E-state index contributed by atoms with van der Waals surface area (Å²) in [7, 11) is 0. The first-order chi connectivity index (χ1) is 14.2. The van der Waals surface area contributed by atoms with Crippen molar-refractivity contribution >= 4 is 22.9 Å². The molecule has 4 heterocycles. The summed E-state index contributed by atoms with van der Waals surface area (Å²) in [6.07, 6.45) is -1.97. The van der Waals surface area contributed by atoms with Crippen LogP contribution in [0, 0.1) is 13.8 Å². The van der Waals surface area contributed by atoms with Gasteiger partial charge in [-0.3, -0.25) is 4.79 Å². The molecule has 1 atom stereocenters. The first-order valence-corrected chi connectivity index (χ1v) is 10.8. The van der Waals surface area contributed by atoms with Crippen LogP contribution < -0.4 is 0 Å². The van der Waals surface area contributed by atoms with Gasteiger partial charge in [0.2, 0.25) is 5.91 Å². The maximum absolute atomic E-state index is 13.6. The van der Waals surface area contributed by atoms with Crippen molar-refractivity contribution in [2.75, 3.05) is 13.1 Å². The second-order valence-corrected chi connectivity index (χ2v) is 9.18. The van der Waals surface area contributed by atoms with Gasteiger partial charge in [-0.05, 0) is 51.3 Å². The quantitative estimate of drug-likeness (QED) is 0.592. The van der Waals surface area contributed by atoms with Gasteiger partial charge in [-0.25, -0.2) is 9.50 Å². The minimum atomic E-state index is -4.53. The third kappa shape index (κ3) is 4.35. The van der Waals surface area contributed by atoms with E-state index in [0.717, 1.165) is 17.0 Å². The van der Waals surface area contributed by atoms with Crippen molar-refractivity contribution in [2.24, 2.45) is 0 Å². The summed E-state index contributed by atoms with van der Waals surface area (Å²) in [6.45, 7) is 4.71. The van der Waals surface area contributed by atoms with E-state index in [1.807, 2.05) is 19.1 Å². The smallest absolute Gasteiger partial charge is 0.342 e. The van der Waals surface area contributed by atoms with Crippen LogP contribution in [0.4, 0.5) is 13.2 Å². The van der Waals surface area contributed by atoms with Crippen LogP contribution in [-0.4, -0.2) is 38.5 Å². The van der Waals surface area contributed by atoms with Crippen molar-refractivity contribution in [1.82, 2.24) is 19.5 Å². The van der Waals surface area contributed by atoms with E-state index >= 15 is 0 Å². The Bertz CT molecular complexity index is 1070. The Hall–Kier alpha value is -2.42. The first kappa shape index (κ1) is 20.8. The molecule has 30 heavy (non-hydrogen) atoms. The zero-order valence-corrected chi connectivity index (χ0v) is 17.7. The first-order valence-electron chi connectivity index (χ1n) is 9.98. The van der Waals surface area contributed by atoms with E-state index in [-0.39, 0.29) is 17.5 Å². The molecule has 0 radical (unpaired) electrons. The zero-order chi connectivity index (χ0) is 21.5. The molecule has 0 aliphatic carbocycles. The number of likely N-dealkylation sites (tertiary alicyclic amines) is 1. The molecule has 0 saturated carbocycles. The van der Waals surface area contributed by atoms with Crippen LogP contribution >= 0.6 is 11.3 Å². The summed E-state index contributed by atoms with van der Waals surface area (Å²) in [6, 6.07) is 6.72. The molecule has 1 aliphatic rings. The van der Waals surface area contributed by atoms with Gasteiger partial charge in [-0.2, -0.15) is 18.3 Å². The number of nitrogens with zero attached hydrogens (tertiary/aromatic N) is 4. The molecule has 1 saturated heterocycles. The van der Waals surface area contributed by atoms with Crippen LogP contribution in [0.5, 0.6) is 0 Å². The van der Waals surface area contributed by atoms with Crippen molar-refractivity contribution in [1.29, 1.82) is 0 Å². The molecule has 4 rings (SSSR count). The van der Waals surface area contributed by atoms with Gasteiger partial charge in [-0.15, -0.1) is 11.3 Å². The molecule has 0 bridgehead atoms. The van der Waals surface area contributed by atoms with Gasteiger partial charge in [0.25, 0.3) is 0 Å². The number of fused-ring (bicyclic) bond motifs is 1. The molecule has 3 aromatic heterocycles. The maximum atomic E-state index is 13.6. The Morgan fingerprint density at radius 1 is 1.27 bits per heavy atom. The van der Waals surface area contributed by atoms with Gasteiger partial charge in [0.05, 0.1) is 5.69 Å². The van der Waals surface area contributed by atoms with Crippen LogP contribution in [-0.2, 0) is 17.4 Å². The Kier molecular flexibility index (Phi) is 5.57. The molecule has 1 fully saturated rings. The average molecular weight is 437 g/mol. The third-order valence-corrected chi connectivity index (χ3v) is 6.49. The number of alkyl halides is 3. The Balaban J connectivity index is 1.52. The number of amides is 1. The van der Waals surface area contributed by atoms with Gasteiger partial charge in [-0.1, -0.05) is 0 Å². The predicted molar refractivity (Wildman–Crippen MR) is 109 cm³/mol. The molecule has 0 unspecified atom stereocenters. The summed E-state index contributed by atoms with van der Waals surface area (Å²) in [5.74, 6) is -0.170. The van der Waals surface area contributed by atoms with E-state index in [1.165, 1.54) is 9.75 Å². The monoisotopic (exact) mass is 436 g/mol. The Labute approximate surface area is 176 Å². The fraction of sp³-hybridized carbons (Fsp3) is 0.476. The van der Waals surface area contributed by atoms with E-state index in [0.29, 0.717) is 43.7 Å². The van der Waals surface area contributed by atoms with Crippen molar-refractivity contribution in [3.8, 4) is 0 Å². The average Bonchev–Trinajstić information content (AvgIpc) is 3.28. The lowest BCUT2D eigenvalue weighted by atomic mass is 9.93. The minimum Gasteiger partial charge on any atom is -0.342 e. The number of hydrogen-bond acceptors (Lipinski definition) is 4. The lowest BCUT2D eigenvalue weighted by Gasteiger charge is -2.33. The third-order valence-electron chi connectivity index (χ3n) is 5.43. The van der Waals surface area contributed by atoms with Crippen LogP contribution in [0.3, 0.4) is 0 Å². The highest BCUT2D eigenvalue weighted by Crippen LogP contribution is 2.33. The Morgan fingerprint density at radius 2 is 2.07 bits per heavy atom. The van der Waals surface area contributed by atoms with Crippen LogP contribution in [0.1, 0.15) is 52.0 Å². The molecule has 0 spiro atoms. The fourth-order valence-corrected chi connectivity index (χ4v) is 4.86. The molecule has 5 nitrogen and oxygen atoms in total. The number of piperidine rings is 1. The molecular formula is C21H23F3N4OS. The predicted octanol–water partition coefficient (Wildman–Crippen LogP) is 4.77. The van der Waals surface area contributed by atoms with Crippen LogP contribution in [0.25, 0.3) is 5.65 Å². The highest BCUT2D eigenvalue weighted by atomic mass is 32.1. The van der Waals surface area contributed by atoms with Gasteiger partial charge in [0, 0.05) is 46.9 Å². The second-order valence-electron chi connectivity index (χ2n) is 7.81. The number of rotatable bonds is 4. The molecular weight excluding hydrogens is 413 g/mol. The van der Waals surface area contributed by atoms with Crippen molar-refractivity contribution in [3.05, 3.63) is 51.1 Å². The topological polar surface area (TPSA) is 50.5 Å². The largest absolute Gasteiger partial charge is 0.433 e. The second kappa shape index (κ2) is 8.02. The van der Waals surface area contributed by atoms with Crippen LogP contribution in [0.2, 0.25) is 0 Å². The standard InChI is InChI=1S/C21H23F3N4OS/c1-13-10-19-25-17(11-18(21(22,23)24)28(19)26-13)15-4-3-9-27(12-15)20(29)8-7-16-6-5-14(2)30-16/h5-6,10-11,15H,3-4,7-9,12H2,1-2H3/t15-/m1/s1. The van der Waals surface area contributed by atoms with Crippen LogP contribution in [0.15, 0.2) is 24.3 Å². The molecule has 160 valence electrons. The summed E-state index contributed by atoms with van der Waals surface area (Å²) < 4.78 is 41.6. The summed E-state index contributed by atoms with van der Waals surface area (Å²) >= 11 is 1.69. The SMILES string of the molecule is Cc1cc2nc([C@@H]3CCCN(C(=O)CCc4ccc(C)s4)C3)cc(C(F)(F)F)n2n1. The van der Waals surface area contributed by atoms with E-state index in [4.69, 9.17) is 0 Å². The molecule has 0 aromatic carbocycles. The van der Waals surface area contributed by atoms with Gasteiger partial charge in [0.15, 0.2) is 5.65 Å². The maximum Gasteiger partial charge on any atom is 0.433 e. The summed E-state index contributed by atoms with van der Waals surface area (Å²) in [5, 5.41) is 3.93. The van der Waals surface area contributed by atoms with E-state index in [9.17, 15) is 18.0 Å². The lowest BCUT2D eigenvalue weighted by Crippen LogP contribution is -2.39. The number of aromatic nitrogens is 3. The minimum absolute atomic E-state index is 0.0445. The molecule has 1 aliphatic heterocycles. The zero-order valence-electron chi connectivity index (χ0n) is 16.9. The van der Waals surface area contributed by atoms with Crippen molar-refractivity contribution in [3.63, 3.8) is 0 Å². The van der Waals surface area contributed by atoms with Gasteiger partial charge >= 0.3 is 6.18 Å². The summed E-state index contributed by atoms with van der Waals surface area (Å²) in [5.41, 5.74) is 0.219. The highest BCUT2D eigenvalue weighted by molar-refractivity contribution is 7.11. The lowest BCUT2D eigenvalue weighted by molar-refractivity contribution is -0.143. The van der Waals surface area contributed by atoms with E-state index in [1.54, 1.807) is 29.2 Å². The number of hydrogen-bond donors (Lipinski definition) is 0. The highest BCUT2D eigenvalue weighted by Gasteiger charge is 2.36. The molecule has 9 heteroatoms. The number of halogens is 3. The Morgan fingerprint density at radius 3 is 2.77 bits per heavy atom. The number of carbonyl (C=O) groups is 1. The van der Waals surface area contributed by atoms with E-state index in [2.05, 4.69) is 10.1 Å². The fourth-order valence-electron chi connectivity index (χ4n) is 3.97. The number of carbonyl (C=O) groups excluding carboxylic acids is 1. The van der Waals surface area contributed by atoms with Gasteiger partial charge < -0.3 is 4.90 Å². The molecule has 3 aromatic rings. The van der Waals surface area contributed by atoms with Gasteiger partial charge in [0.1, 0.15) is 5.69 Å². The number of aryl methyl sites for hydroxylation is 3. The summed E-state index contributed by atoms with van der Waals surface area (Å²) in [4.78, 5) is 21.3. The molecule has 1 amide bonds. The normalized spacial score (nSPS) is 17.6.